The van der Waals surface area contributed by atoms with Crippen LogP contribution >= 0.6 is 0 Å². The quantitative estimate of drug-likeness (QED) is 0.401. The molecule has 0 aliphatic carbocycles. The van der Waals surface area contributed by atoms with E-state index in [9.17, 15) is 0 Å². The molecule has 0 N–H and O–H groups in total. The van der Waals surface area contributed by atoms with Crippen LogP contribution in [0.15, 0.2) is 24.3 Å². The Hall–Kier alpha value is -0.843. The molecule has 4 heteroatoms. The molecule has 1 unspecified atom stereocenters. The topological polar surface area (TPSA) is 31.0 Å². The van der Waals surface area contributed by atoms with Crippen molar-refractivity contribution in [3.63, 3.8) is 0 Å². The number of ether oxygens (including phenoxy) is 2. The Balaban J connectivity index is 1.49. The van der Waals surface area contributed by atoms with Crippen LogP contribution in [0.3, 0.4) is 0 Å². The maximum Gasteiger partial charge on any atom is 0.219 e. The summed E-state index contributed by atoms with van der Waals surface area (Å²) in [5, 5.41) is 0. The van der Waals surface area contributed by atoms with Crippen LogP contribution in [0.1, 0.15) is 12.0 Å². The average molecular weight is 252 g/mol. The lowest BCUT2D eigenvalue weighted by atomic mass is 10.2. The van der Waals surface area contributed by atoms with E-state index in [0.717, 1.165) is 32.0 Å². The molecule has 3 nitrogen and oxygen atoms in total. The molecule has 1 aromatic carbocycles. The first-order chi connectivity index (χ1) is 8.36. The highest BCUT2D eigenvalue weighted by atomic mass is 28.2. The number of benzene rings is 1. The smallest absolute Gasteiger partial charge is 0.219 e. The van der Waals surface area contributed by atoms with Crippen LogP contribution in [0.5, 0.6) is 5.75 Å². The first kappa shape index (κ1) is 12.6. The molecule has 1 aliphatic heterocycles. The summed E-state index contributed by atoms with van der Waals surface area (Å²) in [6, 6.07) is 9.36. The van der Waals surface area contributed by atoms with Gasteiger partial charge in [-0.15, -0.1) is 0 Å². The molecular formula is C13H20O3Si. The molecule has 1 fully saturated rings. The number of hydrogen-bond donors (Lipinski definition) is 0. The van der Waals surface area contributed by atoms with E-state index in [1.54, 1.807) is 0 Å². The van der Waals surface area contributed by atoms with Crippen LogP contribution in [0.25, 0.3) is 0 Å². The van der Waals surface area contributed by atoms with E-state index in [4.69, 9.17) is 13.9 Å². The molecular weight excluding hydrogens is 232 g/mol. The van der Waals surface area contributed by atoms with Crippen LogP contribution in [0.4, 0.5) is 0 Å². The molecule has 0 spiro atoms. The van der Waals surface area contributed by atoms with Gasteiger partial charge in [-0.1, -0.05) is 18.2 Å². The lowest BCUT2D eigenvalue weighted by molar-refractivity contribution is 0.117. The maximum absolute atomic E-state index is 5.84. The normalized spacial score (nSPS) is 18.8. The van der Waals surface area contributed by atoms with Gasteiger partial charge in [0.1, 0.15) is 11.9 Å². The van der Waals surface area contributed by atoms with E-state index in [0.29, 0.717) is 6.10 Å². The van der Waals surface area contributed by atoms with Gasteiger partial charge in [-0.05, 0) is 31.0 Å². The van der Waals surface area contributed by atoms with Crippen LogP contribution < -0.4 is 4.43 Å². The summed E-state index contributed by atoms with van der Waals surface area (Å²) in [5.74, 6) is 1.05. The van der Waals surface area contributed by atoms with Crippen molar-refractivity contribution in [1.29, 1.82) is 0 Å². The second kappa shape index (κ2) is 6.79. The van der Waals surface area contributed by atoms with E-state index in [1.807, 2.05) is 18.2 Å². The third-order valence-electron chi connectivity index (χ3n) is 2.74. The van der Waals surface area contributed by atoms with Crippen molar-refractivity contribution in [2.45, 2.75) is 25.5 Å². The third-order valence-corrected chi connectivity index (χ3v) is 4.04. The predicted octanol–water partition coefficient (Wildman–Crippen LogP) is 1.68. The fourth-order valence-electron chi connectivity index (χ4n) is 1.59. The molecule has 17 heavy (non-hydrogen) atoms. The molecule has 1 atom stereocenters. The van der Waals surface area contributed by atoms with E-state index >= 15 is 0 Å². The van der Waals surface area contributed by atoms with Gasteiger partial charge in [-0.3, -0.25) is 0 Å². The molecule has 0 saturated carbocycles. The summed E-state index contributed by atoms with van der Waals surface area (Å²) in [6.07, 6.45) is 1.49. The molecule has 2 rings (SSSR count). The van der Waals surface area contributed by atoms with Crippen molar-refractivity contribution in [3.8, 4) is 5.75 Å². The first-order valence-corrected chi connectivity index (χ1v) is 7.82. The zero-order valence-corrected chi connectivity index (χ0v) is 11.8. The summed E-state index contributed by atoms with van der Waals surface area (Å²) < 4.78 is 16.4. The van der Waals surface area contributed by atoms with Gasteiger partial charge in [0.15, 0.2) is 0 Å². The zero-order valence-electron chi connectivity index (χ0n) is 10.4. The first-order valence-electron chi connectivity index (χ1n) is 6.24. The van der Waals surface area contributed by atoms with Gasteiger partial charge in [0.05, 0.1) is 13.2 Å². The van der Waals surface area contributed by atoms with Gasteiger partial charge >= 0.3 is 0 Å². The van der Waals surface area contributed by atoms with Crippen LogP contribution in [-0.4, -0.2) is 35.7 Å². The van der Waals surface area contributed by atoms with E-state index in [1.165, 1.54) is 11.6 Å². The summed E-state index contributed by atoms with van der Waals surface area (Å²) in [6.45, 7) is 4.57. The van der Waals surface area contributed by atoms with Crippen molar-refractivity contribution in [2.24, 2.45) is 0 Å². The fourth-order valence-corrected chi connectivity index (χ4v) is 2.68. The number of para-hydroxylation sites is 1. The van der Waals surface area contributed by atoms with E-state index < -0.39 is 9.76 Å². The van der Waals surface area contributed by atoms with Crippen molar-refractivity contribution >= 4 is 9.76 Å². The Morgan fingerprint density at radius 2 is 2.24 bits per heavy atom. The Kier molecular flexibility index (Phi) is 5.03. The number of epoxide rings is 1. The van der Waals surface area contributed by atoms with Crippen LogP contribution in [0, 0.1) is 6.92 Å². The Morgan fingerprint density at radius 1 is 1.41 bits per heavy atom. The van der Waals surface area contributed by atoms with Gasteiger partial charge in [0.25, 0.3) is 0 Å². The molecule has 0 aromatic heterocycles. The predicted molar refractivity (Wildman–Crippen MR) is 70.3 cm³/mol. The van der Waals surface area contributed by atoms with Crippen LogP contribution in [0.2, 0.25) is 6.04 Å². The Morgan fingerprint density at radius 3 is 3.00 bits per heavy atom. The molecule has 94 valence electrons. The third kappa shape index (κ3) is 4.89. The van der Waals surface area contributed by atoms with Gasteiger partial charge in [0.2, 0.25) is 9.76 Å². The van der Waals surface area contributed by atoms with Crippen LogP contribution in [-0.2, 0) is 9.47 Å². The monoisotopic (exact) mass is 252 g/mol. The second-order valence-electron chi connectivity index (χ2n) is 4.35. The fraction of sp³-hybridized carbons (Fsp3) is 0.538. The summed E-state index contributed by atoms with van der Waals surface area (Å²) in [4.78, 5) is 0. The van der Waals surface area contributed by atoms with Gasteiger partial charge in [-0.2, -0.15) is 0 Å². The van der Waals surface area contributed by atoms with E-state index in [-0.39, 0.29) is 0 Å². The van der Waals surface area contributed by atoms with Gasteiger partial charge in [-0.25, -0.2) is 0 Å². The summed E-state index contributed by atoms with van der Waals surface area (Å²) in [5.41, 5.74) is 1.22. The zero-order chi connectivity index (χ0) is 11.9. The van der Waals surface area contributed by atoms with Crippen molar-refractivity contribution in [3.05, 3.63) is 29.8 Å². The van der Waals surface area contributed by atoms with Crippen molar-refractivity contribution < 1.29 is 13.9 Å². The number of rotatable bonds is 8. The molecule has 1 saturated heterocycles. The van der Waals surface area contributed by atoms with Crippen molar-refractivity contribution in [1.82, 2.24) is 0 Å². The minimum Gasteiger partial charge on any atom is -0.549 e. The number of aryl methyl sites for hydroxylation is 1. The summed E-state index contributed by atoms with van der Waals surface area (Å²) >= 11 is 0. The average Bonchev–Trinajstić information content (AvgIpc) is 3.14. The second-order valence-corrected chi connectivity index (χ2v) is 5.76. The maximum atomic E-state index is 5.84. The Bertz CT molecular complexity index is 339. The van der Waals surface area contributed by atoms with E-state index in [2.05, 4.69) is 13.0 Å². The molecule has 0 radical (unpaired) electrons. The minimum atomic E-state index is -0.451. The lowest BCUT2D eigenvalue weighted by Gasteiger charge is -2.08. The van der Waals surface area contributed by atoms with Gasteiger partial charge in [0, 0.05) is 6.61 Å². The molecule has 0 amide bonds. The SMILES string of the molecule is Cc1ccccc1O[SiH2]CCCOCC1CO1. The summed E-state index contributed by atoms with van der Waals surface area (Å²) in [7, 11) is -0.451. The molecule has 1 aliphatic rings. The standard InChI is InChI=1S/C13H20O3Si/c1-11-5-2-3-6-13(11)16-17-8-4-7-14-9-12-10-15-12/h2-3,5-6,12H,4,7-10,17H2,1H3. The van der Waals surface area contributed by atoms with Gasteiger partial charge < -0.3 is 13.9 Å². The molecule has 1 aromatic rings. The number of hydrogen-bond acceptors (Lipinski definition) is 3. The highest BCUT2D eigenvalue weighted by Gasteiger charge is 2.21. The highest BCUT2D eigenvalue weighted by Crippen LogP contribution is 2.16. The highest BCUT2D eigenvalue weighted by molar-refractivity contribution is 6.28. The minimum absolute atomic E-state index is 0.385. The lowest BCUT2D eigenvalue weighted by Crippen LogP contribution is -2.06. The van der Waals surface area contributed by atoms with Crippen molar-refractivity contribution in [2.75, 3.05) is 19.8 Å². The largest absolute Gasteiger partial charge is 0.549 e. The molecule has 1 heterocycles. The Labute approximate surface area is 105 Å². The molecule has 0 bridgehead atoms.